The van der Waals surface area contributed by atoms with Crippen LogP contribution in [0.25, 0.3) is 33.4 Å². The predicted molar refractivity (Wildman–Crippen MR) is 218 cm³/mol. The third-order valence-electron chi connectivity index (χ3n) is 11.1. The smallest absolute Gasteiger partial charge is 0.328 e. The first-order valence-corrected chi connectivity index (χ1v) is 19.6. The molecule has 0 unspecified atom stereocenters. The Balaban J connectivity index is 0.854. The van der Waals surface area contributed by atoms with Crippen molar-refractivity contribution in [2.24, 2.45) is 0 Å². The monoisotopic (exact) mass is 765 g/mol. The molecule has 2 saturated heterocycles. The minimum atomic E-state index is -0.381. The number of piperidine rings is 1. The van der Waals surface area contributed by atoms with Crippen LogP contribution in [-0.4, -0.2) is 74.2 Å². The second-order valence-electron chi connectivity index (χ2n) is 16.1. The topological polar surface area (TPSA) is 162 Å². The summed E-state index contributed by atoms with van der Waals surface area (Å²) in [5, 5.41) is 17.8. The number of likely N-dealkylation sites (tertiary alicyclic amines) is 1. The van der Waals surface area contributed by atoms with E-state index in [4.69, 9.17) is 9.51 Å². The fourth-order valence-electron chi connectivity index (χ4n) is 7.58. The predicted octanol–water partition coefficient (Wildman–Crippen LogP) is 7.08. The minimum absolute atomic E-state index is 0.0252. The summed E-state index contributed by atoms with van der Waals surface area (Å²) >= 11 is 0. The van der Waals surface area contributed by atoms with Crippen LogP contribution in [0.2, 0.25) is 0 Å². The van der Waals surface area contributed by atoms with Crippen molar-refractivity contribution in [2.75, 3.05) is 31.1 Å². The van der Waals surface area contributed by atoms with Gasteiger partial charge in [0.25, 0.3) is 11.7 Å². The van der Waals surface area contributed by atoms with Gasteiger partial charge in [-0.15, -0.1) is 0 Å². The molecule has 13 heteroatoms. The van der Waals surface area contributed by atoms with Gasteiger partial charge in [-0.2, -0.15) is 10.1 Å². The Labute approximate surface area is 331 Å². The molecule has 0 bridgehead atoms. The first-order valence-electron chi connectivity index (χ1n) is 19.6. The molecule has 2 aliphatic rings. The molecule has 2 fully saturated rings. The van der Waals surface area contributed by atoms with Crippen LogP contribution in [0, 0.1) is 6.92 Å². The molecule has 5 heterocycles. The molecular weight excluding hydrogens is 719 g/mol. The largest absolute Gasteiger partial charge is 0.345 e. The fourth-order valence-corrected chi connectivity index (χ4v) is 7.58. The van der Waals surface area contributed by atoms with Gasteiger partial charge in [0.05, 0.1) is 0 Å². The number of nitrogens with one attached hydrogen (secondary N) is 3. The third kappa shape index (κ3) is 8.34. The molecule has 2 aliphatic heterocycles. The Hall–Kier alpha value is -6.21. The Morgan fingerprint density at radius 1 is 0.930 bits per heavy atom. The van der Waals surface area contributed by atoms with Crippen molar-refractivity contribution in [3.8, 4) is 22.4 Å². The van der Waals surface area contributed by atoms with Crippen LogP contribution in [0.5, 0.6) is 0 Å². The van der Waals surface area contributed by atoms with Gasteiger partial charge in [0.15, 0.2) is 5.65 Å². The molecule has 13 nitrogen and oxygen atoms in total. The number of aromatic nitrogens is 5. The van der Waals surface area contributed by atoms with Gasteiger partial charge in [0, 0.05) is 59.9 Å². The fraction of sp³-hybridized carbons (Fsp3) is 0.341. The highest BCUT2D eigenvalue weighted by Crippen LogP contribution is 2.33. The Bertz CT molecular complexity index is 2420. The van der Waals surface area contributed by atoms with Crippen LogP contribution in [-0.2, 0) is 23.2 Å². The van der Waals surface area contributed by atoms with Crippen LogP contribution >= 0.6 is 0 Å². The zero-order valence-electron chi connectivity index (χ0n) is 32.8. The average molecular weight is 766 g/mol. The van der Waals surface area contributed by atoms with Gasteiger partial charge in [0.2, 0.25) is 11.8 Å². The average Bonchev–Trinajstić information content (AvgIpc) is 3.89. The SMILES string of the molecule is Cc1cc(-c2n[nH]c3ncc(-c4ccc(C5CCN(CCc6ccc(N7CCC(=O)NC7=O)cc6)CC5)cc4)cc23)ccc1CNC(=O)c1noc(C(C)(C)C)n1. The van der Waals surface area contributed by atoms with E-state index in [1.807, 2.05) is 58.2 Å². The molecule has 4 amide bonds. The van der Waals surface area contributed by atoms with E-state index < -0.39 is 0 Å². The van der Waals surface area contributed by atoms with Gasteiger partial charge in [-0.05, 0) is 97.3 Å². The maximum Gasteiger partial charge on any atom is 0.328 e. The number of imide groups is 1. The molecule has 0 saturated carbocycles. The highest BCUT2D eigenvalue weighted by atomic mass is 16.5. The number of aryl methyl sites for hydroxylation is 1. The lowest BCUT2D eigenvalue weighted by atomic mass is 9.88. The van der Waals surface area contributed by atoms with Crippen molar-refractivity contribution >= 4 is 34.6 Å². The molecule has 292 valence electrons. The molecular formula is C44H47N9O4. The van der Waals surface area contributed by atoms with Gasteiger partial charge in [-0.3, -0.25) is 24.9 Å². The number of H-pyrrole nitrogens is 1. The molecule has 3 N–H and O–H groups in total. The third-order valence-corrected chi connectivity index (χ3v) is 11.1. The summed E-state index contributed by atoms with van der Waals surface area (Å²) in [5.74, 6) is 0.368. The van der Waals surface area contributed by atoms with Crippen LogP contribution in [0.3, 0.4) is 0 Å². The number of hydrogen-bond acceptors (Lipinski definition) is 9. The number of rotatable bonds is 10. The molecule has 0 aliphatic carbocycles. The number of aromatic amines is 1. The highest BCUT2D eigenvalue weighted by molar-refractivity contribution is 6.05. The van der Waals surface area contributed by atoms with Crippen LogP contribution in [0.1, 0.15) is 84.7 Å². The van der Waals surface area contributed by atoms with Crippen LogP contribution in [0.15, 0.2) is 83.5 Å². The number of nitrogens with zero attached hydrogens (tertiary/aromatic N) is 6. The number of urea groups is 1. The number of benzene rings is 3. The second kappa shape index (κ2) is 15.7. The molecule has 8 rings (SSSR count). The Kier molecular flexibility index (Phi) is 10.4. The molecule has 0 radical (unpaired) electrons. The zero-order chi connectivity index (χ0) is 39.7. The van der Waals surface area contributed by atoms with E-state index in [1.165, 1.54) is 11.1 Å². The van der Waals surface area contributed by atoms with Crippen molar-refractivity contribution in [3.05, 3.63) is 113 Å². The van der Waals surface area contributed by atoms with Gasteiger partial charge in [-0.1, -0.05) is 74.5 Å². The van der Waals surface area contributed by atoms with Crippen molar-refractivity contribution < 1.29 is 18.9 Å². The van der Waals surface area contributed by atoms with E-state index in [0.29, 0.717) is 31.3 Å². The van der Waals surface area contributed by atoms with E-state index in [0.717, 1.165) is 89.1 Å². The quantitative estimate of drug-likeness (QED) is 0.132. The normalized spacial score (nSPS) is 15.6. The lowest BCUT2D eigenvalue weighted by Gasteiger charge is -2.32. The number of hydrogen-bond donors (Lipinski definition) is 3. The number of anilines is 1. The first-order chi connectivity index (χ1) is 27.5. The molecule has 3 aromatic heterocycles. The van der Waals surface area contributed by atoms with E-state index in [2.05, 4.69) is 84.4 Å². The number of carbonyl (C=O) groups excluding carboxylic acids is 3. The molecule has 3 aromatic carbocycles. The lowest BCUT2D eigenvalue weighted by Crippen LogP contribution is -2.49. The maximum atomic E-state index is 12.7. The second-order valence-corrected chi connectivity index (χ2v) is 16.1. The Morgan fingerprint density at radius 2 is 1.68 bits per heavy atom. The van der Waals surface area contributed by atoms with Crippen molar-refractivity contribution in [2.45, 2.75) is 71.3 Å². The first kappa shape index (κ1) is 37.7. The summed E-state index contributed by atoms with van der Waals surface area (Å²) in [6.45, 7) is 11.7. The number of pyridine rings is 1. The van der Waals surface area contributed by atoms with Crippen LogP contribution in [0.4, 0.5) is 10.5 Å². The van der Waals surface area contributed by atoms with Gasteiger partial charge >= 0.3 is 6.03 Å². The molecule has 6 aromatic rings. The summed E-state index contributed by atoms with van der Waals surface area (Å²) in [5.41, 5.74) is 9.73. The zero-order valence-corrected chi connectivity index (χ0v) is 32.8. The highest BCUT2D eigenvalue weighted by Gasteiger charge is 2.26. The van der Waals surface area contributed by atoms with Crippen LogP contribution < -0.4 is 15.5 Å². The number of fused-ring (bicyclic) bond motifs is 1. The standard InChI is InChI=1S/C44H47N9O4/c1-27-23-32(11-12-33(27)25-46-41(55)40-48-42(57-51-40)44(2,3)4)38-36-24-34(26-45-39(36)50-49-38)30-9-7-29(8-10-30)31-16-20-52(21-17-31)19-15-28-5-13-35(14-6-28)53-22-18-37(54)47-43(53)56/h5-14,23-24,26,31H,15-22,25H2,1-4H3,(H,46,55)(H,45,49,50)(H,47,54,56). The van der Waals surface area contributed by atoms with E-state index in [9.17, 15) is 14.4 Å². The van der Waals surface area contributed by atoms with E-state index >= 15 is 0 Å². The maximum absolute atomic E-state index is 12.7. The number of carbonyl (C=O) groups is 3. The van der Waals surface area contributed by atoms with Gasteiger partial charge in [0.1, 0.15) is 5.69 Å². The summed E-state index contributed by atoms with van der Waals surface area (Å²) < 4.78 is 5.27. The summed E-state index contributed by atoms with van der Waals surface area (Å²) in [4.78, 5) is 49.5. The van der Waals surface area contributed by atoms with Gasteiger partial charge < -0.3 is 14.7 Å². The van der Waals surface area contributed by atoms with Crippen molar-refractivity contribution in [3.63, 3.8) is 0 Å². The number of amides is 4. The summed E-state index contributed by atoms with van der Waals surface area (Å²) in [7, 11) is 0. The molecule has 0 atom stereocenters. The van der Waals surface area contributed by atoms with Crippen molar-refractivity contribution in [1.82, 2.24) is 40.9 Å². The lowest BCUT2D eigenvalue weighted by molar-refractivity contribution is -0.120. The van der Waals surface area contributed by atoms with Crippen molar-refractivity contribution in [1.29, 1.82) is 0 Å². The van der Waals surface area contributed by atoms with Gasteiger partial charge in [-0.25, -0.2) is 9.78 Å². The minimum Gasteiger partial charge on any atom is -0.345 e. The Morgan fingerprint density at radius 3 is 2.39 bits per heavy atom. The van der Waals surface area contributed by atoms with E-state index in [1.54, 1.807) is 4.90 Å². The molecule has 57 heavy (non-hydrogen) atoms. The molecule has 0 spiro atoms. The summed E-state index contributed by atoms with van der Waals surface area (Å²) in [6, 6.07) is 24.9. The van der Waals surface area contributed by atoms with E-state index in [-0.39, 0.29) is 29.1 Å². The summed E-state index contributed by atoms with van der Waals surface area (Å²) in [6.07, 6.45) is 5.41.